The molecule has 10 heavy (non-hydrogen) atoms. The molecule has 0 aliphatic carbocycles. The summed E-state index contributed by atoms with van der Waals surface area (Å²) in [5, 5.41) is 0. The van der Waals surface area contributed by atoms with Gasteiger partial charge in [-0.3, -0.25) is 0 Å². The molecule has 58 valence electrons. The van der Waals surface area contributed by atoms with Gasteiger partial charge in [0.25, 0.3) is 0 Å². The Hall–Kier alpha value is 1.65. The van der Waals surface area contributed by atoms with Crippen LogP contribution in [0.4, 0.5) is 0 Å². The Morgan fingerprint density at radius 1 is 0.800 bits per heavy atom. The maximum absolute atomic E-state index is 8.54. The van der Waals surface area contributed by atoms with E-state index in [0.29, 0.717) is 0 Å². The quantitative estimate of drug-likeness (QED) is 0.411. The molecule has 0 bridgehead atoms. The molecule has 10 heteroatoms. The van der Waals surface area contributed by atoms with Gasteiger partial charge in [-0.1, -0.05) is 0 Å². The fourth-order valence-corrected chi connectivity index (χ4v) is 0. The van der Waals surface area contributed by atoms with E-state index in [9.17, 15) is 0 Å². The normalized spacial score (nSPS) is 7.00. The van der Waals surface area contributed by atoms with Gasteiger partial charge in [0, 0.05) is 0 Å². The van der Waals surface area contributed by atoms with Crippen LogP contribution in [0.1, 0.15) is 0 Å². The van der Waals surface area contributed by atoms with Crippen LogP contribution in [0.25, 0.3) is 0 Å². The van der Waals surface area contributed by atoms with Crippen LogP contribution >= 0.6 is 0 Å². The minimum absolute atomic E-state index is 0. The van der Waals surface area contributed by atoms with E-state index >= 15 is 0 Å². The Morgan fingerprint density at radius 2 is 0.800 bits per heavy atom. The molecule has 0 aliphatic heterocycles. The predicted molar refractivity (Wildman–Crippen MR) is 1.37 cm³/mol. The molecule has 0 aromatic carbocycles. The van der Waals surface area contributed by atoms with Crippen LogP contribution in [-0.2, 0) is 73.7 Å². The van der Waals surface area contributed by atoms with Crippen molar-refractivity contribution in [1.29, 1.82) is 0 Å². The van der Waals surface area contributed by atoms with Crippen molar-refractivity contribution in [2.75, 3.05) is 0 Å². The van der Waals surface area contributed by atoms with E-state index in [-0.39, 0.29) is 36.5 Å². The third kappa shape index (κ3) is 266. The molecule has 0 saturated carbocycles. The molecule has 0 fully saturated rings. The zero-order valence-electron chi connectivity index (χ0n) is 4.33. The van der Waals surface area contributed by atoms with E-state index in [2.05, 4.69) is 0 Å². The molecule has 0 aliphatic rings. The van der Waals surface area contributed by atoms with E-state index < -0.39 is 29.5 Å². The molecule has 0 heterocycles. The Balaban J connectivity index is -0.0000000300. The molecule has 0 amide bonds. The molecular weight excluding hydrogens is 321 g/mol. The molecule has 0 aromatic heterocycles. The van der Waals surface area contributed by atoms with Crippen LogP contribution in [0, 0.1) is 0 Å². The average Bonchev–Trinajstić information content (AvgIpc) is 1.25. The molecule has 0 saturated heterocycles. The second-order valence-corrected chi connectivity index (χ2v) is 1.68. The summed E-state index contributed by atoms with van der Waals surface area (Å²) in [5.41, 5.74) is 0. The third-order valence-electron chi connectivity index (χ3n) is 0. The van der Waals surface area contributed by atoms with Crippen LogP contribution in [0.15, 0.2) is 0 Å². The zero-order valence-corrected chi connectivity index (χ0v) is 10.9. The summed E-state index contributed by atoms with van der Waals surface area (Å²) < 4.78 is 51.2. The Morgan fingerprint density at radius 3 is 0.800 bits per heavy atom. The second kappa shape index (κ2) is 16.9. The standard InChI is InChI=1S/2Cr.Fe.6O.Zn/q;;+2;;;4*-1;+2. The van der Waals surface area contributed by atoms with Crippen molar-refractivity contribution < 1.29 is 90.3 Å². The first kappa shape index (κ1) is 22.6. The first-order valence-corrected chi connectivity index (χ1v) is 4.12. The summed E-state index contributed by atoms with van der Waals surface area (Å²) in [4.78, 5) is 0. The minimum Gasteiger partial charge on any atom is 2.00 e. The van der Waals surface area contributed by atoms with Gasteiger partial charge in [-0.05, 0) is 0 Å². The maximum atomic E-state index is 8.54. The Kier molecular flexibility index (Phi) is 38.3. The van der Waals surface area contributed by atoms with Gasteiger partial charge < -0.3 is 0 Å². The fourth-order valence-electron chi connectivity index (χ4n) is 0. The van der Waals surface area contributed by atoms with Crippen LogP contribution in [-0.4, -0.2) is 0 Å². The van der Waals surface area contributed by atoms with Gasteiger partial charge in [-0.25, -0.2) is 0 Å². The molecular formula is Cr2FeO6Zn. The van der Waals surface area contributed by atoms with Crippen molar-refractivity contribution >= 4 is 0 Å². The summed E-state index contributed by atoms with van der Waals surface area (Å²) in [6.07, 6.45) is 0. The van der Waals surface area contributed by atoms with Crippen LogP contribution in [0.5, 0.6) is 0 Å². The molecule has 0 radical (unpaired) electrons. The van der Waals surface area contributed by atoms with Crippen molar-refractivity contribution in [3.63, 3.8) is 0 Å². The van der Waals surface area contributed by atoms with E-state index in [0.717, 1.165) is 0 Å². The van der Waals surface area contributed by atoms with Gasteiger partial charge in [0.2, 0.25) is 0 Å². The first-order valence-electron chi connectivity index (χ1n) is 1.00. The molecule has 0 unspecified atom stereocenters. The van der Waals surface area contributed by atoms with Crippen molar-refractivity contribution in [1.82, 2.24) is 0 Å². The molecule has 0 atom stereocenters. The van der Waals surface area contributed by atoms with Gasteiger partial charge in [-0.15, -0.1) is 0 Å². The first-order chi connectivity index (χ1) is 3.46. The third-order valence-corrected chi connectivity index (χ3v) is 0. The molecule has 0 N–H and O–H groups in total. The fraction of sp³-hybridized carbons (Fsp3) is 0. The molecule has 0 spiro atoms. The van der Waals surface area contributed by atoms with Crippen molar-refractivity contribution in [2.24, 2.45) is 0 Å². The van der Waals surface area contributed by atoms with Crippen molar-refractivity contribution in [3.05, 3.63) is 0 Å². The summed E-state index contributed by atoms with van der Waals surface area (Å²) in [6.45, 7) is 0. The zero-order chi connectivity index (χ0) is 7.15. The van der Waals surface area contributed by atoms with Gasteiger partial charge >= 0.3 is 90.3 Å². The van der Waals surface area contributed by atoms with Gasteiger partial charge in [0.1, 0.15) is 0 Å². The predicted octanol–water partition coefficient (Wildman–Crippen LogP) is -5.00. The second-order valence-electron chi connectivity index (χ2n) is 0.408. The molecule has 0 aromatic rings. The molecule has 0 rings (SSSR count). The summed E-state index contributed by atoms with van der Waals surface area (Å²) >= 11 is -7.58. The van der Waals surface area contributed by atoms with Gasteiger partial charge in [0.05, 0.1) is 0 Å². The van der Waals surface area contributed by atoms with E-state index in [1.807, 2.05) is 0 Å². The summed E-state index contributed by atoms with van der Waals surface area (Å²) in [7, 11) is 0. The van der Waals surface area contributed by atoms with Crippen molar-refractivity contribution in [3.8, 4) is 0 Å². The smallest absolute Gasteiger partial charge is 2.00 e. The van der Waals surface area contributed by atoms with Crippen LogP contribution in [0.3, 0.4) is 0 Å². The van der Waals surface area contributed by atoms with E-state index in [1.165, 1.54) is 0 Å². The number of hydrogen-bond acceptors (Lipinski definition) is 6. The van der Waals surface area contributed by atoms with E-state index in [4.69, 9.17) is 24.2 Å². The topological polar surface area (TPSA) is 126 Å². The number of rotatable bonds is 0. The Bertz CT molecular complexity index is 73.7. The molecule has 6 nitrogen and oxygen atoms in total. The van der Waals surface area contributed by atoms with Gasteiger partial charge in [0.15, 0.2) is 0 Å². The maximum Gasteiger partial charge on any atom is 2.00 e. The van der Waals surface area contributed by atoms with Gasteiger partial charge in [-0.2, -0.15) is 0 Å². The van der Waals surface area contributed by atoms with E-state index in [1.54, 1.807) is 0 Å². The van der Waals surface area contributed by atoms with Crippen LogP contribution in [0.2, 0.25) is 0 Å². The van der Waals surface area contributed by atoms with Crippen molar-refractivity contribution in [2.45, 2.75) is 0 Å². The Labute approximate surface area is 89.6 Å². The SMILES string of the molecule is [Fe+2].[O]=[Cr]([O-])[O-].[O]=[Cr]([O-])[O-].[Zn+2]. The monoisotopic (exact) mass is 320 g/mol. The average molecular weight is 321 g/mol. The summed E-state index contributed by atoms with van der Waals surface area (Å²) in [5.74, 6) is 0. The largest absolute Gasteiger partial charge is 2.00 e. The number of hydrogen-bond donors (Lipinski definition) is 0. The van der Waals surface area contributed by atoms with Crippen LogP contribution < -0.4 is 16.6 Å². The minimum atomic E-state index is -3.79. The summed E-state index contributed by atoms with van der Waals surface area (Å²) in [6, 6.07) is 0.